The molecule has 0 amide bonds. The summed E-state index contributed by atoms with van der Waals surface area (Å²) in [5, 5.41) is 3.07. The molecule has 1 rings (SSSR count). The summed E-state index contributed by atoms with van der Waals surface area (Å²) in [6.45, 7) is 0. The molecule has 0 spiro atoms. The van der Waals surface area contributed by atoms with Gasteiger partial charge in [-0.2, -0.15) is 0 Å². The van der Waals surface area contributed by atoms with Crippen molar-refractivity contribution in [1.29, 1.82) is 0 Å². The maximum Gasteiger partial charge on any atom is 0.0792 e. The summed E-state index contributed by atoms with van der Waals surface area (Å²) in [5.74, 6) is 3.15. The zero-order chi connectivity index (χ0) is 4.41. The first-order valence-electron chi connectivity index (χ1n) is 1.73. The first kappa shape index (κ1) is 4.94. The number of alkyl halides is 1. The molecule has 0 aliphatic carbocycles. The van der Waals surface area contributed by atoms with E-state index >= 15 is 0 Å². The summed E-state index contributed by atoms with van der Waals surface area (Å²) in [5.41, 5.74) is 0. The zero-order valence-corrected chi connectivity index (χ0v) is 5.55. The van der Waals surface area contributed by atoms with Gasteiger partial charge in [0.15, 0.2) is 0 Å². The summed E-state index contributed by atoms with van der Waals surface area (Å²) in [7, 11) is 0. The van der Waals surface area contributed by atoms with Crippen molar-refractivity contribution in [3.63, 3.8) is 0 Å². The van der Waals surface area contributed by atoms with E-state index in [-0.39, 0.29) is 0 Å². The molecular formula is C3H5BrNS. The van der Waals surface area contributed by atoms with E-state index in [0.717, 1.165) is 5.75 Å². The fraction of sp³-hybridized carbons (Fsp3) is 0.667. The second-order valence-corrected chi connectivity index (χ2v) is 3.09. The number of thioether (sulfide) groups is 1. The highest BCUT2D eigenvalue weighted by Gasteiger charge is 2.08. The van der Waals surface area contributed by atoms with E-state index in [1.807, 2.05) is 5.88 Å². The van der Waals surface area contributed by atoms with Crippen LogP contribution >= 0.6 is 27.7 Å². The van der Waals surface area contributed by atoms with Gasteiger partial charge in [0.1, 0.15) is 0 Å². The van der Waals surface area contributed by atoms with E-state index in [2.05, 4.69) is 21.2 Å². The van der Waals surface area contributed by atoms with Gasteiger partial charge in [0.25, 0.3) is 0 Å². The van der Waals surface area contributed by atoms with Gasteiger partial charge in [-0.25, -0.2) is 0 Å². The van der Waals surface area contributed by atoms with Gasteiger partial charge >= 0.3 is 0 Å². The molecule has 1 aliphatic heterocycles. The Kier molecular flexibility index (Phi) is 1.80. The summed E-state index contributed by atoms with van der Waals surface area (Å²) in [6, 6.07) is 0. The maximum atomic E-state index is 3.38. The van der Waals surface area contributed by atoms with Gasteiger partial charge < -0.3 is 0 Å². The van der Waals surface area contributed by atoms with E-state index in [1.165, 1.54) is 0 Å². The van der Waals surface area contributed by atoms with Crippen molar-refractivity contribution in [2.24, 2.45) is 0 Å². The van der Waals surface area contributed by atoms with Gasteiger partial charge in [0.2, 0.25) is 0 Å². The lowest BCUT2D eigenvalue weighted by atomic mass is 10.8. The third-order valence-corrected chi connectivity index (χ3v) is 2.42. The minimum atomic E-state index is 0.516. The van der Waals surface area contributed by atoms with Gasteiger partial charge in [-0.05, 0) is 0 Å². The van der Waals surface area contributed by atoms with Gasteiger partial charge in [-0.15, -0.1) is 11.8 Å². The Morgan fingerprint density at radius 2 is 2.83 bits per heavy atom. The van der Waals surface area contributed by atoms with Gasteiger partial charge in [-0.1, -0.05) is 15.9 Å². The Labute approximate surface area is 50.0 Å². The Bertz CT molecular complexity index is 44.1. The molecule has 0 saturated carbocycles. The molecule has 0 aromatic carbocycles. The van der Waals surface area contributed by atoms with Crippen LogP contribution in [0.4, 0.5) is 0 Å². The first-order valence-corrected chi connectivity index (χ1v) is 3.69. The van der Waals surface area contributed by atoms with Gasteiger partial charge in [0.05, 0.1) is 10.8 Å². The minimum Gasteiger partial charge on any atom is -0.290 e. The highest BCUT2D eigenvalue weighted by Crippen LogP contribution is 2.16. The molecule has 1 atom stereocenters. The molecule has 1 N–H and O–H groups in total. The predicted octanol–water partition coefficient (Wildman–Crippen LogP) is 1.16. The average Bonchev–Trinajstić information content (AvgIpc) is 1.86. The fourth-order valence-electron chi connectivity index (χ4n) is 0.303. The van der Waals surface area contributed by atoms with E-state index in [4.69, 9.17) is 0 Å². The second kappa shape index (κ2) is 2.19. The lowest BCUT2D eigenvalue weighted by Gasteiger charge is -1.90. The van der Waals surface area contributed by atoms with E-state index in [1.54, 1.807) is 11.8 Å². The molecule has 6 heavy (non-hydrogen) atoms. The Hall–Kier alpha value is 0.790. The average molecular weight is 167 g/mol. The quantitative estimate of drug-likeness (QED) is 0.429. The molecule has 1 unspecified atom stereocenters. The molecule has 1 fully saturated rings. The molecule has 0 bridgehead atoms. The van der Waals surface area contributed by atoms with E-state index < -0.39 is 0 Å². The first-order chi connectivity index (χ1) is 2.89. The largest absolute Gasteiger partial charge is 0.290 e. The molecule has 0 aromatic rings. The van der Waals surface area contributed by atoms with E-state index in [0.29, 0.717) is 4.95 Å². The summed E-state index contributed by atoms with van der Waals surface area (Å²) < 4.78 is 0. The van der Waals surface area contributed by atoms with E-state index in [9.17, 15) is 0 Å². The monoisotopic (exact) mass is 166 g/mol. The smallest absolute Gasteiger partial charge is 0.0792 e. The van der Waals surface area contributed by atoms with Crippen LogP contribution < -0.4 is 5.32 Å². The summed E-state index contributed by atoms with van der Waals surface area (Å²) in [6.07, 6.45) is 0. The molecule has 1 saturated heterocycles. The normalized spacial score (nSPS) is 34.5. The van der Waals surface area contributed by atoms with Crippen molar-refractivity contribution < 1.29 is 0 Å². The molecule has 3 heteroatoms. The molecule has 35 valence electrons. The van der Waals surface area contributed by atoms with Gasteiger partial charge in [-0.3, -0.25) is 5.32 Å². The van der Waals surface area contributed by atoms with Crippen LogP contribution in [-0.4, -0.2) is 10.7 Å². The van der Waals surface area contributed by atoms with Crippen LogP contribution in [0.25, 0.3) is 0 Å². The zero-order valence-electron chi connectivity index (χ0n) is 3.15. The molecule has 1 aliphatic rings. The molecule has 1 heterocycles. The van der Waals surface area contributed by atoms with Crippen LogP contribution in [0.15, 0.2) is 0 Å². The van der Waals surface area contributed by atoms with Crippen molar-refractivity contribution in [3.05, 3.63) is 5.88 Å². The molecular weight excluding hydrogens is 162 g/mol. The molecule has 1 nitrogen and oxygen atoms in total. The molecule has 1 radical (unpaired) electrons. The number of nitrogens with one attached hydrogen (secondary N) is 1. The highest BCUT2D eigenvalue weighted by atomic mass is 79.9. The second-order valence-electron chi connectivity index (χ2n) is 1.09. The van der Waals surface area contributed by atoms with Crippen molar-refractivity contribution in [3.8, 4) is 0 Å². The van der Waals surface area contributed by atoms with Crippen LogP contribution in [0.2, 0.25) is 0 Å². The Morgan fingerprint density at radius 3 is 3.00 bits per heavy atom. The summed E-state index contributed by atoms with van der Waals surface area (Å²) in [4.78, 5) is 0.516. The Balaban J connectivity index is 2.18. The standard InChI is InChI=1S/C3H5BrNS/c4-3-1-6-2-5-3/h2-3,5H,1H2. The van der Waals surface area contributed by atoms with Gasteiger partial charge in [0, 0.05) is 5.75 Å². The predicted molar refractivity (Wildman–Crippen MR) is 32.6 cm³/mol. The number of hydrogen-bond acceptors (Lipinski definition) is 2. The molecule has 0 aromatic heterocycles. The fourth-order valence-corrected chi connectivity index (χ4v) is 1.69. The van der Waals surface area contributed by atoms with Crippen molar-refractivity contribution in [2.45, 2.75) is 4.95 Å². The number of hydrogen-bond donors (Lipinski definition) is 1. The van der Waals surface area contributed by atoms with Crippen molar-refractivity contribution in [2.75, 3.05) is 5.75 Å². The third kappa shape index (κ3) is 1.13. The Morgan fingerprint density at radius 1 is 2.00 bits per heavy atom. The van der Waals surface area contributed by atoms with Crippen LogP contribution in [0.3, 0.4) is 0 Å². The number of halogens is 1. The number of rotatable bonds is 0. The lowest BCUT2D eigenvalue weighted by molar-refractivity contribution is 0.896. The summed E-state index contributed by atoms with van der Waals surface area (Å²) >= 11 is 5.17. The van der Waals surface area contributed by atoms with Crippen LogP contribution in [0.5, 0.6) is 0 Å². The highest BCUT2D eigenvalue weighted by molar-refractivity contribution is 9.09. The van der Waals surface area contributed by atoms with Crippen LogP contribution in [-0.2, 0) is 0 Å². The topological polar surface area (TPSA) is 12.0 Å². The van der Waals surface area contributed by atoms with Crippen LogP contribution in [0.1, 0.15) is 0 Å². The lowest BCUT2D eigenvalue weighted by Crippen LogP contribution is -2.12. The minimum absolute atomic E-state index is 0.516. The van der Waals surface area contributed by atoms with Crippen molar-refractivity contribution in [1.82, 2.24) is 5.32 Å². The SMILES string of the molecule is BrC1CS[CH]N1. The third-order valence-electron chi connectivity index (χ3n) is 0.575. The maximum absolute atomic E-state index is 3.38. The van der Waals surface area contributed by atoms with Crippen molar-refractivity contribution >= 4 is 27.7 Å². The van der Waals surface area contributed by atoms with Crippen LogP contribution in [0, 0.1) is 5.88 Å².